The van der Waals surface area contributed by atoms with Crippen LogP contribution >= 0.6 is 0 Å². The van der Waals surface area contributed by atoms with Crippen molar-refractivity contribution in [2.24, 2.45) is 5.92 Å². The molecule has 2 unspecified atom stereocenters. The van der Waals surface area contributed by atoms with Crippen LogP contribution in [0.15, 0.2) is 11.8 Å². The molecule has 4 heteroatoms. The molecule has 0 bridgehead atoms. The van der Waals surface area contributed by atoms with Gasteiger partial charge in [0.2, 0.25) is 0 Å². The second-order valence-electron chi connectivity index (χ2n) is 4.02. The summed E-state index contributed by atoms with van der Waals surface area (Å²) in [7, 11) is 0. The molecule has 14 heavy (non-hydrogen) atoms. The van der Waals surface area contributed by atoms with Gasteiger partial charge in [0.15, 0.2) is 5.78 Å². The Morgan fingerprint density at radius 2 is 2.21 bits per heavy atom. The maximum Gasteiger partial charge on any atom is 0.157 e. The third-order valence-corrected chi connectivity index (χ3v) is 3.00. The van der Waals surface area contributed by atoms with E-state index >= 15 is 0 Å². The number of hydrogen-bond acceptors (Lipinski definition) is 4. The van der Waals surface area contributed by atoms with Gasteiger partial charge in [0.1, 0.15) is 0 Å². The van der Waals surface area contributed by atoms with Gasteiger partial charge in [-0.25, -0.2) is 0 Å². The smallest absolute Gasteiger partial charge is 0.157 e. The minimum Gasteiger partial charge on any atom is -0.396 e. The van der Waals surface area contributed by atoms with Gasteiger partial charge >= 0.3 is 0 Å². The molecular formula is C10H15NO3. The lowest BCUT2D eigenvalue weighted by molar-refractivity contribution is -0.114. The number of carbonyl (C=O) groups is 1. The van der Waals surface area contributed by atoms with Gasteiger partial charge < -0.3 is 15.1 Å². The fraction of sp³-hybridized carbons (Fsp3) is 0.700. The van der Waals surface area contributed by atoms with Crippen LogP contribution in [0.5, 0.6) is 0 Å². The van der Waals surface area contributed by atoms with E-state index in [1.807, 2.05) is 4.90 Å². The normalized spacial score (nSPS) is 32.6. The fourth-order valence-corrected chi connectivity index (χ4v) is 2.10. The average molecular weight is 197 g/mol. The Labute approximate surface area is 82.8 Å². The van der Waals surface area contributed by atoms with Crippen LogP contribution in [-0.2, 0) is 4.79 Å². The van der Waals surface area contributed by atoms with Crippen LogP contribution in [0, 0.1) is 5.92 Å². The van der Waals surface area contributed by atoms with Gasteiger partial charge in [0.05, 0.1) is 12.7 Å². The lowest BCUT2D eigenvalue weighted by atomic mass is 10.1. The van der Waals surface area contributed by atoms with Gasteiger partial charge in [-0.2, -0.15) is 0 Å². The van der Waals surface area contributed by atoms with Crippen molar-refractivity contribution in [3.8, 4) is 0 Å². The van der Waals surface area contributed by atoms with Crippen LogP contribution in [0.4, 0.5) is 0 Å². The van der Waals surface area contributed by atoms with Crippen LogP contribution in [0.2, 0.25) is 0 Å². The van der Waals surface area contributed by atoms with Crippen molar-refractivity contribution in [1.82, 2.24) is 4.90 Å². The van der Waals surface area contributed by atoms with Crippen molar-refractivity contribution in [2.75, 3.05) is 19.7 Å². The first-order valence-corrected chi connectivity index (χ1v) is 4.98. The number of aliphatic hydroxyl groups excluding tert-OH is 2. The van der Waals surface area contributed by atoms with Crippen LogP contribution in [0.25, 0.3) is 0 Å². The summed E-state index contributed by atoms with van der Waals surface area (Å²) in [6, 6.07) is 0. The van der Waals surface area contributed by atoms with Crippen molar-refractivity contribution in [3.05, 3.63) is 11.8 Å². The standard InChI is InChI=1S/C10H15NO3/c12-6-7-4-11(5-10(7)14)8-1-2-9(13)3-8/h3,7,10,12,14H,1-2,4-6H2. The van der Waals surface area contributed by atoms with Crippen LogP contribution in [0.1, 0.15) is 12.8 Å². The summed E-state index contributed by atoms with van der Waals surface area (Å²) in [4.78, 5) is 13.0. The Hall–Kier alpha value is -0.870. The molecule has 2 rings (SSSR count). The summed E-state index contributed by atoms with van der Waals surface area (Å²) in [6.45, 7) is 1.22. The molecule has 1 fully saturated rings. The number of ketones is 1. The fourth-order valence-electron chi connectivity index (χ4n) is 2.10. The third kappa shape index (κ3) is 1.67. The topological polar surface area (TPSA) is 60.8 Å². The first-order valence-electron chi connectivity index (χ1n) is 4.98. The Kier molecular flexibility index (Phi) is 2.56. The predicted octanol–water partition coefficient (Wildman–Crippen LogP) is -0.482. The summed E-state index contributed by atoms with van der Waals surface area (Å²) >= 11 is 0. The molecule has 0 aromatic heterocycles. The highest BCUT2D eigenvalue weighted by Crippen LogP contribution is 2.26. The van der Waals surface area contributed by atoms with Gasteiger partial charge in [-0.1, -0.05) is 0 Å². The average Bonchev–Trinajstić information content (AvgIpc) is 2.71. The van der Waals surface area contributed by atoms with Crippen molar-refractivity contribution in [2.45, 2.75) is 18.9 Å². The number of rotatable bonds is 2. The number of hydrogen-bond donors (Lipinski definition) is 2. The molecule has 1 saturated heterocycles. The highest BCUT2D eigenvalue weighted by molar-refractivity contribution is 5.92. The molecule has 1 heterocycles. The number of β-amino-alcohol motifs (C(OH)–C–C–N with tert-alkyl or cyclic N) is 1. The van der Waals surface area contributed by atoms with E-state index < -0.39 is 6.10 Å². The Bertz CT molecular complexity index is 275. The summed E-state index contributed by atoms with van der Waals surface area (Å²) < 4.78 is 0. The zero-order valence-corrected chi connectivity index (χ0v) is 8.02. The van der Waals surface area contributed by atoms with Crippen LogP contribution < -0.4 is 0 Å². The summed E-state index contributed by atoms with van der Waals surface area (Å²) in [5.41, 5.74) is 1.02. The molecule has 0 aromatic carbocycles. The number of allylic oxidation sites excluding steroid dienone is 2. The SMILES string of the molecule is O=C1C=C(N2CC(O)C(CO)C2)CC1. The van der Waals surface area contributed by atoms with E-state index in [4.69, 9.17) is 5.11 Å². The third-order valence-electron chi connectivity index (χ3n) is 3.00. The van der Waals surface area contributed by atoms with Crippen molar-refractivity contribution < 1.29 is 15.0 Å². The minimum atomic E-state index is -0.461. The summed E-state index contributed by atoms with van der Waals surface area (Å²) in [6.07, 6.45) is 2.57. The minimum absolute atomic E-state index is 0.0128. The first kappa shape index (κ1) is 9.68. The number of nitrogens with zero attached hydrogens (tertiary/aromatic N) is 1. The van der Waals surface area contributed by atoms with Crippen LogP contribution in [-0.4, -0.2) is 46.7 Å². The lowest BCUT2D eigenvalue weighted by Crippen LogP contribution is -2.20. The maximum absolute atomic E-state index is 11.0. The largest absolute Gasteiger partial charge is 0.396 e. The van der Waals surface area contributed by atoms with Crippen LogP contribution in [0.3, 0.4) is 0 Å². The quantitative estimate of drug-likeness (QED) is 0.627. The molecule has 2 N–H and O–H groups in total. The van der Waals surface area contributed by atoms with Gasteiger partial charge in [-0.15, -0.1) is 0 Å². The highest BCUT2D eigenvalue weighted by atomic mass is 16.3. The molecule has 78 valence electrons. The Balaban J connectivity index is 2.01. The van der Waals surface area contributed by atoms with Crippen molar-refractivity contribution >= 4 is 5.78 Å². The number of aliphatic hydroxyl groups is 2. The monoisotopic (exact) mass is 197 g/mol. The summed E-state index contributed by atoms with van der Waals surface area (Å²) in [5, 5.41) is 18.5. The molecule has 2 aliphatic rings. The van der Waals surface area contributed by atoms with Gasteiger partial charge in [-0.05, 0) is 6.42 Å². The van der Waals surface area contributed by atoms with E-state index in [-0.39, 0.29) is 18.3 Å². The summed E-state index contributed by atoms with van der Waals surface area (Å²) in [5.74, 6) is 0.105. The molecule has 0 saturated carbocycles. The second kappa shape index (κ2) is 3.71. The maximum atomic E-state index is 11.0. The van der Waals surface area contributed by atoms with E-state index in [2.05, 4.69) is 0 Å². The molecule has 0 aromatic rings. The molecular weight excluding hydrogens is 182 g/mol. The molecule has 0 amide bonds. The molecule has 2 atom stereocenters. The van der Waals surface area contributed by atoms with E-state index in [1.165, 1.54) is 0 Å². The van der Waals surface area contributed by atoms with Gasteiger partial charge in [-0.3, -0.25) is 4.79 Å². The Morgan fingerprint density at radius 3 is 2.71 bits per heavy atom. The van der Waals surface area contributed by atoms with Crippen molar-refractivity contribution in [1.29, 1.82) is 0 Å². The van der Waals surface area contributed by atoms with Gasteiger partial charge in [0, 0.05) is 37.2 Å². The molecule has 4 nitrogen and oxygen atoms in total. The predicted molar refractivity (Wildman–Crippen MR) is 50.5 cm³/mol. The lowest BCUT2D eigenvalue weighted by Gasteiger charge is -2.18. The zero-order valence-electron chi connectivity index (χ0n) is 8.02. The molecule has 0 radical (unpaired) electrons. The van der Waals surface area contributed by atoms with Gasteiger partial charge in [0.25, 0.3) is 0 Å². The number of likely N-dealkylation sites (tertiary alicyclic amines) is 1. The molecule has 1 aliphatic heterocycles. The molecule has 1 aliphatic carbocycles. The highest BCUT2D eigenvalue weighted by Gasteiger charge is 2.32. The Morgan fingerprint density at radius 1 is 1.43 bits per heavy atom. The van der Waals surface area contributed by atoms with E-state index in [0.29, 0.717) is 19.5 Å². The zero-order chi connectivity index (χ0) is 10.1. The second-order valence-corrected chi connectivity index (χ2v) is 4.02. The van der Waals surface area contributed by atoms with E-state index in [0.717, 1.165) is 12.1 Å². The van der Waals surface area contributed by atoms with Crippen molar-refractivity contribution in [3.63, 3.8) is 0 Å². The van der Waals surface area contributed by atoms with E-state index in [9.17, 15) is 9.90 Å². The number of carbonyl (C=O) groups excluding carboxylic acids is 1. The first-order chi connectivity index (χ1) is 6.70. The van der Waals surface area contributed by atoms with E-state index in [1.54, 1.807) is 6.08 Å². The molecule has 0 spiro atoms.